The minimum absolute atomic E-state index is 0.0459. The molecule has 7 heteroatoms. The first-order valence-corrected chi connectivity index (χ1v) is 4.72. The summed E-state index contributed by atoms with van der Waals surface area (Å²) < 4.78 is 13.6. The predicted molar refractivity (Wildman–Crippen MR) is 42.3 cm³/mol. The second-order valence-electron chi connectivity index (χ2n) is 1.67. The number of phosphoric acid groups is 1. The molecule has 0 radical (unpaired) electrons. The SMILES string of the molecule is CCOP(=O)(O)O.c1c[nH]cn1. The molecule has 1 aromatic rings. The number of phosphoric ester groups is 1. The maximum absolute atomic E-state index is 9.70. The highest BCUT2D eigenvalue weighted by molar-refractivity contribution is 7.46. The Kier molecular flexibility index (Phi) is 5.57. The molecular formula is C5H11N2O4P. The molecule has 0 saturated heterocycles. The third-order valence-electron chi connectivity index (χ3n) is 0.703. The molecule has 1 heterocycles. The second-order valence-corrected chi connectivity index (χ2v) is 2.91. The van der Waals surface area contributed by atoms with Gasteiger partial charge in [-0.2, -0.15) is 0 Å². The molecule has 0 saturated carbocycles. The smallest absolute Gasteiger partial charge is 0.351 e. The summed E-state index contributed by atoms with van der Waals surface area (Å²) in [4.78, 5) is 22.2. The molecule has 0 aliphatic heterocycles. The van der Waals surface area contributed by atoms with Crippen LogP contribution in [0.3, 0.4) is 0 Å². The highest BCUT2D eigenvalue weighted by Gasteiger charge is 2.10. The van der Waals surface area contributed by atoms with Crippen molar-refractivity contribution in [2.24, 2.45) is 0 Å². The first-order chi connectivity index (χ1) is 5.56. The van der Waals surface area contributed by atoms with Gasteiger partial charge in [0.25, 0.3) is 0 Å². The van der Waals surface area contributed by atoms with Gasteiger partial charge in [0, 0.05) is 12.4 Å². The van der Waals surface area contributed by atoms with Crippen molar-refractivity contribution in [1.82, 2.24) is 9.97 Å². The van der Waals surface area contributed by atoms with Crippen LogP contribution in [-0.4, -0.2) is 26.4 Å². The topological polar surface area (TPSA) is 95.4 Å². The van der Waals surface area contributed by atoms with Crippen molar-refractivity contribution < 1.29 is 18.9 Å². The van der Waals surface area contributed by atoms with Gasteiger partial charge >= 0.3 is 7.82 Å². The average Bonchev–Trinajstić information content (AvgIpc) is 2.38. The summed E-state index contributed by atoms with van der Waals surface area (Å²) in [6.07, 6.45) is 5.08. The standard InChI is InChI=1S/C3H4N2.C2H7O4P/c1-2-5-3-4-1;1-2-6-7(3,4)5/h1-3H,(H,4,5);2H2,1H3,(H2,3,4,5). The molecule has 0 bridgehead atoms. The summed E-state index contributed by atoms with van der Waals surface area (Å²) >= 11 is 0. The van der Waals surface area contributed by atoms with Gasteiger partial charge in [0.15, 0.2) is 0 Å². The molecule has 0 unspecified atom stereocenters. The first-order valence-electron chi connectivity index (χ1n) is 3.19. The summed E-state index contributed by atoms with van der Waals surface area (Å²) in [5.41, 5.74) is 0. The van der Waals surface area contributed by atoms with E-state index in [1.807, 2.05) is 0 Å². The van der Waals surface area contributed by atoms with Crippen molar-refractivity contribution in [1.29, 1.82) is 0 Å². The van der Waals surface area contributed by atoms with Gasteiger partial charge in [-0.25, -0.2) is 9.55 Å². The maximum Gasteiger partial charge on any atom is 0.469 e. The average molecular weight is 194 g/mol. The van der Waals surface area contributed by atoms with E-state index in [1.165, 1.54) is 6.92 Å². The van der Waals surface area contributed by atoms with Crippen LogP contribution in [0.4, 0.5) is 0 Å². The zero-order valence-corrected chi connectivity index (χ0v) is 7.44. The van der Waals surface area contributed by atoms with Crippen molar-refractivity contribution >= 4 is 7.82 Å². The third-order valence-corrected chi connectivity index (χ3v) is 1.30. The maximum atomic E-state index is 9.70. The number of H-pyrrole nitrogens is 1. The Hall–Kier alpha value is -0.680. The Morgan fingerprint density at radius 2 is 2.33 bits per heavy atom. The number of nitrogens with zero attached hydrogens (tertiary/aromatic N) is 1. The van der Waals surface area contributed by atoms with E-state index < -0.39 is 7.82 Å². The molecule has 1 rings (SSSR count). The van der Waals surface area contributed by atoms with E-state index in [0.717, 1.165) is 0 Å². The van der Waals surface area contributed by atoms with Crippen LogP contribution in [0.2, 0.25) is 0 Å². The minimum atomic E-state index is -4.17. The van der Waals surface area contributed by atoms with Crippen LogP contribution in [0.5, 0.6) is 0 Å². The molecule has 0 amide bonds. The highest BCUT2D eigenvalue weighted by Crippen LogP contribution is 2.34. The van der Waals surface area contributed by atoms with Gasteiger partial charge in [0.1, 0.15) is 0 Å². The highest BCUT2D eigenvalue weighted by atomic mass is 31.2. The number of nitrogens with one attached hydrogen (secondary N) is 1. The Balaban J connectivity index is 0.000000211. The zero-order chi connectivity index (χ0) is 9.45. The summed E-state index contributed by atoms with van der Waals surface area (Å²) in [5, 5.41) is 0. The molecule has 0 spiro atoms. The normalized spacial score (nSPS) is 10.2. The third kappa shape index (κ3) is 9.32. The van der Waals surface area contributed by atoms with Gasteiger partial charge < -0.3 is 14.8 Å². The molecule has 1 aromatic heterocycles. The number of aromatic nitrogens is 2. The fraction of sp³-hybridized carbons (Fsp3) is 0.400. The van der Waals surface area contributed by atoms with Crippen LogP contribution >= 0.6 is 7.82 Å². The van der Waals surface area contributed by atoms with E-state index in [2.05, 4.69) is 14.5 Å². The molecule has 0 aliphatic carbocycles. The van der Waals surface area contributed by atoms with Gasteiger partial charge in [-0.15, -0.1) is 0 Å². The summed E-state index contributed by atoms with van der Waals surface area (Å²) in [5.74, 6) is 0. The lowest BCUT2D eigenvalue weighted by Crippen LogP contribution is -1.84. The fourth-order valence-electron chi connectivity index (χ4n) is 0.383. The van der Waals surface area contributed by atoms with E-state index in [1.54, 1.807) is 18.7 Å². The van der Waals surface area contributed by atoms with Gasteiger partial charge in [-0.3, -0.25) is 4.52 Å². The van der Waals surface area contributed by atoms with E-state index >= 15 is 0 Å². The second kappa shape index (κ2) is 5.91. The molecule has 0 aromatic carbocycles. The van der Waals surface area contributed by atoms with Crippen LogP contribution in [0.15, 0.2) is 18.7 Å². The minimum Gasteiger partial charge on any atom is -0.351 e. The molecule has 12 heavy (non-hydrogen) atoms. The van der Waals surface area contributed by atoms with Crippen molar-refractivity contribution in [2.75, 3.05) is 6.61 Å². The Labute approximate surface area is 69.8 Å². The first kappa shape index (κ1) is 11.3. The number of imidazole rings is 1. The van der Waals surface area contributed by atoms with Crippen molar-refractivity contribution in [3.63, 3.8) is 0 Å². The van der Waals surface area contributed by atoms with Crippen LogP contribution in [0, 0.1) is 0 Å². The Morgan fingerprint density at radius 3 is 2.42 bits per heavy atom. The monoisotopic (exact) mass is 194 g/mol. The van der Waals surface area contributed by atoms with E-state index in [9.17, 15) is 4.57 Å². The number of aromatic amines is 1. The van der Waals surface area contributed by atoms with Crippen LogP contribution in [-0.2, 0) is 9.09 Å². The molecule has 6 nitrogen and oxygen atoms in total. The fourth-order valence-corrected chi connectivity index (χ4v) is 0.720. The van der Waals surface area contributed by atoms with Gasteiger partial charge in [0.05, 0.1) is 12.9 Å². The van der Waals surface area contributed by atoms with Gasteiger partial charge in [-0.05, 0) is 6.92 Å². The van der Waals surface area contributed by atoms with E-state index in [0.29, 0.717) is 0 Å². The summed E-state index contributed by atoms with van der Waals surface area (Å²) in [6.45, 7) is 1.56. The quantitative estimate of drug-likeness (QED) is 0.596. The largest absolute Gasteiger partial charge is 0.469 e. The van der Waals surface area contributed by atoms with Crippen LogP contribution < -0.4 is 0 Å². The number of hydrogen-bond acceptors (Lipinski definition) is 3. The lowest BCUT2D eigenvalue weighted by atomic mass is 10.9. The van der Waals surface area contributed by atoms with E-state index in [4.69, 9.17) is 9.79 Å². The summed E-state index contributed by atoms with van der Waals surface area (Å²) in [7, 11) is -4.17. The zero-order valence-electron chi connectivity index (χ0n) is 6.54. The molecule has 3 N–H and O–H groups in total. The van der Waals surface area contributed by atoms with Gasteiger partial charge in [-0.1, -0.05) is 0 Å². The van der Waals surface area contributed by atoms with Gasteiger partial charge in [0.2, 0.25) is 0 Å². The summed E-state index contributed by atoms with van der Waals surface area (Å²) in [6, 6.07) is 0. The predicted octanol–water partition coefficient (Wildman–Crippen LogP) is 0.525. The molecular weight excluding hydrogens is 183 g/mol. The lowest BCUT2D eigenvalue weighted by Gasteiger charge is -1.98. The molecule has 0 fully saturated rings. The van der Waals surface area contributed by atoms with Crippen molar-refractivity contribution in [3.05, 3.63) is 18.7 Å². The Bertz CT molecular complexity index is 202. The number of rotatable bonds is 2. The number of hydrogen-bond donors (Lipinski definition) is 3. The van der Waals surface area contributed by atoms with Crippen LogP contribution in [0.25, 0.3) is 0 Å². The molecule has 0 aliphatic rings. The molecule has 0 atom stereocenters. The lowest BCUT2D eigenvalue weighted by molar-refractivity contribution is 0.206. The Morgan fingerprint density at radius 1 is 1.67 bits per heavy atom. The van der Waals surface area contributed by atoms with E-state index in [-0.39, 0.29) is 6.61 Å². The van der Waals surface area contributed by atoms with Crippen molar-refractivity contribution in [2.45, 2.75) is 6.92 Å². The van der Waals surface area contributed by atoms with Crippen molar-refractivity contribution in [3.8, 4) is 0 Å². The molecule has 70 valence electrons. The van der Waals surface area contributed by atoms with Crippen LogP contribution in [0.1, 0.15) is 6.92 Å².